The number of hydrogen-bond donors (Lipinski definition) is 1. The van der Waals surface area contributed by atoms with E-state index >= 15 is 0 Å². The van der Waals surface area contributed by atoms with Crippen LogP contribution >= 0.6 is 24.0 Å². The molecule has 24 heavy (non-hydrogen) atoms. The number of carbonyl (C=O) groups is 1. The van der Waals surface area contributed by atoms with Crippen molar-refractivity contribution in [2.24, 2.45) is 0 Å². The lowest BCUT2D eigenvalue weighted by atomic mass is 10.2. The fourth-order valence-electron chi connectivity index (χ4n) is 1.98. The van der Waals surface area contributed by atoms with Crippen molar-refractivity contribution >= 4 is 29.9 Å². The van der Waals surface area contributed by atoms with Crippen LogP contribution in [0.4, 0.5) is 0 Å². The number of ether oxygens (including phenoxy) is 1. The fraction of sp³-hybridized carbons (Fsp3) is 0.188. The predicted molar refractivity (Wildman–Crippen MR) is 94.2 cm³/mol. The van der Waals surface area contributed by atoms with E-state index in [0.29, 0.717) is 17.9 Å². The Bertz CT molecular complexity index is 822. The molecule has 122 valence electrons. The first-order valence-corrected chi connectivity index (χ1v) is 8.57. The smallest absolute Gasteiger partial charge is 0.339 e. The number of rotatable bonds is 5. The van der Waals surface area contributed by atoms with E-state index in [0.717, 1.165) is 15.6 Å². The molecule has 0 bridgehead atoms. The summed E-state index contributed by atoms with van der Waals surface area (Å²) in [4.78, 5) is 20.0. The third-order valence-electron chi connectivity index (χ3n) is 3.16. The SMILES string of the molecule is CCOC(=O)c1ccc(C(S)c2nnc(-c3cccnc3)s2)nc1. The van der Waals surface area contributed by atoms with Crippen LogP contribution in [0.15, 0.2) is 42.9 Å². The number of pyridine rings is 2. The number of esters is 1. The standard InChI is InChI=1S/C16H14N4O2S2/c1-2-22-16(21)11-5-6-12(18-9-11)13(23)15-20-19-14(24-15)10-4-3-7-17-8-10/h3-9,13,23H,2H2,1H3. The van der Waals surface area contributed by atoms with Crippen LogP contribution < -0.4 is 0 Å². The van der Waals surface area contributed by atoms with Crippen LogP contribution in [0.25, 0.3) is 10.6 Å². The lowest BCUT2D eigenvalue weighted by Crippen LogP contribution is -2.06. The first-order chi connectivity index (χ1) is 11.7. The molecule has 6 nitrogen and oxygen atoms in total. The van der Waals surface area contributed by atoms with Crippen LogP contribution in [-0.2, 0) is 4.74 Å². The van der Waals surface area contributed by atoms with Gasteiger partial charge in [0.25, 0.3) is 0 Å². The molecular weight excluding hydrogens is 344 g/mol. The third kappa shape index (κ3) is 3.60. The molecule has 0 aliphatic carbocycles. The summed E-state index contributed by atoms with van der Waals surface area (Å²) in [6, 6.07) is 7.20. The van der Waals surface area contributed by atoms with Crippen molar-refractivity contribution in [3.63, 3.8) is 0 Å². The second kappa shape index (κ2) is 7.50. The normalized spacial score (nSPS) is 11.9. The fourth-order valence-corrected chi connectivity index (χ4v) is 3.17. The van der Waals surface area contributed by atoms with Crippen molar-refractivity contribution in [2.75, 3.05) is 6.61 Å². The van der Waals surface area contributed by atoms with E-state index in [4.69, 9.17) is 4.74 Å². The van der Waals surface area contributed by atoms with Gasteiger partial charge >= 0.3 is 5.97 Å². The van der Waals surface area contributed by atoms with Crippen molar-refractivity contribution < 1.29 is 9.53 Å². The van der Waals surface area contributed by atoms with Crippen LogP contribution in [0.1, 0.15) is 33.2 Å². The number of nitrogens with zero attached hydrogens (tertiary/aromatic N) is 4. The molecule has 0 aromatic carbocycles. The predicted octanol–water partition coefficient (Wildman–Crippen LogP) is 3.19. The van der Waals surface area contributed by atoms with Crippen molar-refractivity contribution in [3.8, 4) is 10.6 Å². The van der Waals surface area contributed by atoms with E-state index < -0.39 is 0 Å². The first-order valence-electron chi connectivity index (χ1n) is 7.24. The van der Waals surface area contributed by atoms with Gasteiger partial charge in [-0.05, 0) is 31.2 Å². The Morgan fingerprint density at radius 1 is 1.29 bits per heavy atom. The molecular formula is C16H14N4O2S2. The van der Waals surface area contributed by atoms with E-state index in [1.54, 1.807) is 31.5 Å². The maximum absolute atomic E-state index is 11.6. The molecule has 8 heteroatoms. The van der Waals surface area contributed by atoms with Gasteiger partial charge in [-0.15, -0.1) is 10.2 Å². The van der Waals surface area contributed by atoms with Gasteiger partial charge in [0.2, 0.25) is 0 Å². The Morgan fingerprint density at radius 2 is 2.17 bits per heavy atom. The number of thiol groups is 1. The summed E-state index contributed by atoms with van der Waals surface area (Å²) >= 11 is 6.01. The van der Waals surface area contributed by atoms with Gasteiger partial charge in [-0.3, -0.25) is 9.97 Å². The maximum atomic E-state index is 11.6. The van der Waals surface area contributed by atoms with Crippen LogP contribution in [-0.4, -0.2) is 32.7 Å². The quantitative estimate of drug-likeness (QED) is 0.557. The average molecular weight is 358 g/mol. The highest BCUT2D eigenvalue weighted by Gasteiger charge is 2.18. The Labute approximate surface area is 148 Å². The Kier molecular flexibility index (Phi) is 5.17. The third-order valence-corrected chi connectivity index (χ3v) is 4.88. The Balaban J connectivity index is 1.78. The van der Waals surface area contributed by atoms with Crippen molar-refractivity contribution in [1.29, 1.82) is 0 Å². The van der Waals surface area contributed by atoms with E-state index in [2.05, 4.69) is 32.8 Å². The molecule has 0 amide bonds. The summed E-state index contributed by atoms with van der Waals surface area (Å²) in [7, 11) is 0. The highest BCUT2D eigenvalue weighted by molar-refractivity contribution is 7.81. The molecule has 0 aliphatic rings. The molecule has 0 saturated heterocycles. The van der Waals surface area contributed by atoms with Gasteiger partial charge in [0, 0.05) is 24.2 Å². The minimum Gasteiger partial charge on any atom is -0.462 e. The highest BCUT2D eigenvalue weighted by atomic mass is 32.1. The summed E-state index contributed by atoms with van der Waals surface area (Å²) in [5.74, 6) is -0.387. The van der Waals surface area contributed by atoms with Crippen molar-refractivity contribution in [3.05, 3.63) is 59.1 Å². The van der Waals surface area contributed by atoms with Gasteiger partial charge in [0.15, 0.2) is 0 Å². The second-order valence-electron chi connectivity index (χ2n) is 4.78. The highest BCUT2D eigenvalue weighted by Crippen LogP contribution is 2.32. The minimum absolute atomic E-state index is 0.316. The summed E-state index contributed by atoms with van der Waals surface area (Å²) < 4.78 is 4.94. The molecule has 0 fully saturated rings. The summed E-state index contributed by atoms with van der Waals surface area (Å²) in [6.45, 7) is 2.09. The molecule has 0 saturated carbocycles. The first kappa shape index (κ1) is 16.5. The van der Waals surface area contributed by atoms with Crippen LogP contribution in [0.3, 0.4) is 0 Å². The van der Waals surface area contributed by atoms with Gasteiger partial charge in [0.1, 0.15) is 10.0 Å². The van der Waals surface area contributed by atoms with E-state index in [1.807, 2.05) is 12.1 Å². The Hall–Kier alpha value is -2.32. The van der Waals surface area contributed by atoms with Crippen molar-refractivity contribution in [1.82, 2.24) is 20.2 Å². The molecule has 0 spiro atoms. The van der Waals surface area contributed by atoms with E-state index in [9.17, 15) is 4.79 Å². The van der Waals surface area contributed by atoms with Crippen LogP contribution in [0, 0.1) is 0 Å². The molecule has 3 aromatic rings. The maximum Gasteiger partial charge on any atom is 0.339 e. The number of carbonyl (C=O) groups excluding carboxylic acids is 1. The lowest BCUT2D eigenvalue weighted by molar-refractivity contribution is 0.0526. The molecule has 0 N–H and O–H groups in total. The van der Waals surface area contributed by atoms with Gasteiger partial charge in [-0.1, -0.05) is 11.3 Å². The summed E-state index contributed by atoms with van der Waals surface area (Å²) in [5, 5.41) is 9.56. The Morgan fingerprint density at radius 3 is 2.83 bits per heavy atom. The molecule has 1 unspecified atom stereocenters. The van der Waals surface area contributed by atoms with Crippen molar-refractivity contribution in [2.45, 2.75) is 12.2 Å². The van der Waals surface area contributed by atoms with Gasteiger partial charge in [-0.25, -0.2) is 4.79 Å². The molecule has 1 atom stereocenters. The number of aromatic nitrogens is 4. The average Bonchev–Trinajstić information content (AvgIpc) is 3.12. The zero-order valence-corrected chi connectivity index (χ0v) is 14.5. The minimum atomic E-state index is -0.387. The second-order valence-corrected chi connectivity index (χ2v) is 6.31. The molecule has 3 rings (SSSR count). The molecule has 0 aliphatic heterocycles. The monoisotopic (exact) mass is 358 g/mol. The van der Waals surface area contributed by atoms with Gasteiger partial charge in [0.05, 0.1) is 23.1 Å². The zero-order chi connectivity index (χ0) is 16.9. The summed E-state index contributed by atoms with van der Waals surface area (Å²) in [5.41, 5.74) is 2.02. The van der Waals surface area contributed by atoms with Crippen LogP contribution in [0.5, 0.6) is 0 Å². The van der Waals surface area contributed by atoms with Crippen LogP contribution in [0.2, 0.25) is 0 Å². The zero-order valence-electron chi connectivity index (χ0n) is 12.8. The molecule has 3 aromatic heterocycles. The topological polar surface area (TPSA) is 77.9 Å². The number of hydrogen-bond acceptors (Lipinski definition) is 8. The molecule has 3 heterocycles. The lowest BCUT2D eigenvalue weighted by Gasteiger charge is -2.07. The summed E-state index contributed by atoms with van der Waals surface area (Å²) in [6.07, 6.45) is 4.94. The largest absolute Gasteiger partial charge is 0.462 e. The van der Waals surface area contributed by atoms with Gasteiger partial charge < -0.3 is 4.74 Å². The molecule has 0 radical (unpaired) electrons. The van der Waals surface area contributed by atoms with E-state index in [-0.39, 0.29) is 11.2 Å². The van der Waals surface area contributed by atoms with E-state index in [1.165, 1.54) is 17.5 Å². The van der Waals surface area contributed by atoms with Gasteiger partial charge in [-0.2, -0.15) is 12.6 Å².